The highest BCUT2D eigenvalue weighted by atomic mass is 16.5. The molecule has 1 aliphatic rings. The number of hydrogen-bond donors (Lipinski definition) is 0. The zero-order valence-corrected chi connectivity index (χ0v) is 15.0. The highest BCUT2D eigenvalue weighted by Crippen LogP contribution is 2.40. The first kappa shape index (κ1) is 18.3. The summed E-state index contributed by atoms with van der Waals surface area (Å²) < 4.78 is 16.4. The number of nitrogens with zero attached hydrogens (tertiary/aromatic N) is 3. The van der Waals surface area contributed by atoms with Crippen molar-refractivity contribution in [2.24, 2.45) is 9.98 Å². The van der Waals surface area contributed by atoms with Gasteiger partial charge < -0.3 is 19.1 Å². The number of amidine groups is 1. The molecular formula is C18H27N3O3. The van der Waals surface area contributed by atoms with E-state index in [2.05, 4.69) is 28.5 Å². The Labute approximate surface area is 144 Å². The standard InChI is InChI=1S/C18H27N3O3/c1-6-10-21(13-9-11-24-12-13)18(20-3)14-7-8-15(22-4)17(23-5)16(14)19-2/h7-8,13H,2,6,9-12H2,1,3-5H3/b20-18+/t13-/m0/s1. The van der Waals surface area contributed by atoms with E-state index in [1.807, 2.05) is 12.1 Å². The van der Waals surface area contributed by atoms with Gasteiger partial charge in [0.2, 0.25) is 0 Å². The molecule has 0 N–H and O–H groups in total. The Kier molecular flexibility index (Phi) is 6.61. The van der Waals surface area contributed by atoms with Crippen molar-refractivity contribution in [1.29, 1.82) is 0 Å². The van der Waals surface area contributed by atoms with Gasteiger partial charge in [-0.3, -0.25) is 9.98 Å². The summed E-state index contributed by atoms with van der Waals surface area (Å²) in [4.78, 5) is 11.1. The van der Waals surface area contributed by atoms with Crippen molar-refractivity contribution in [3.8, 4) is 11.5 Å². The van der Waals surface area contributed by atoms with Crippen LogP contribution >= 0.6 is 0 Å². The Hall–Kier alpha value is -2.08. The summed E-state index contributed by atoms with van der Waals surface area (Å²) in [6.45, 7) is 8.30. The van der Waals surface area contributed by atoms with Gasteiger partial charge in [-0.1, -0.05) is 6.92 Å². The van der Waals surface area contributed by atoms with Crippen LogP contribution in [0, 0.1) is 0 Å². The van der Waals surface area contributed by atoms with Crippen LogP contribution in [0.5, 0.6) is 11.5 Å². The van der Waals surface area contributed by atoms with E-state index in [4.69, 9.17) is 14.2 Å². The van der Waals surface area contributed by atoms with Gasteiger partial charge in [0, 0.05) is 25.8 Å². The topological polar surface area (TPSA) is 55.7 Å². The van der Waals surface area contributed by atoms with Crippen LogP contribution in [0.2, 0.25) is 0 Å². The van der Waals surface area contributed by atoms with Crippen molar-refractivity contribution in [3.05, 3.63) is 17.7 Å². The molecular weight excluding hydrogens is 306 g/mol. The monoisotopic (exact) mass is 333 g/mol. The van der Waals surface area contributed by atoms with E-state index in [0.717, 1.165) is 44.0 Å². The Morgan fingerprint density at radius 3 is 2.67 bits per heavy atom. The third-order valence-electron chi connectivity index (χ3n) is 4.21. The maximum atomic E-state index is 5.58. The number of aliphatic imine (C=N–C) groups is 2. The molecule has 132 valence electrons. The zero-order valence-electron chi connectivity index (χ0n) is 15.0. The fraction of sp³-hybridized carbons (Fsp3) is 0.556. The number of rotatable bonds is 7. The molecule has 0 aromatic heterocycles. The number of ether oxygens (including phenoxy) is 3. The molecule has 1 fully saturated rings. The minimum absolute atomic E-state index is 0.328. The highest BCUT2D eigenvalue weighted by Gasteiger charge is 2.28. The van der Waals surface area contributed by atoms with Crippen LogP contribution in [0.15, 0.2) is 22.1 Å². The average molecular weight is 333 g/mol. The van der Waals surface area contributed by atoms with E-state index < -0.39 is 0 Å². The SMILES string of the molecule is C=Nc1c(/C(=N\C)N(CCC)[C@H]2CCOC2)ccc(OC)c1OC. The normalized spacial score (nSPS) is 17.7. The molecule has 0 amide bonds. The lowest BCUT2D eigenvalue weighted by Crippen LogP contribution is -2.41. The van der Waals surface area contributed by atoms with Crippen LogP contribution in [0.3, 0.4) is 0 Å². The van der Waals surface area contributed by atoms with Gasteiger partial charge in [-0.15, -0.1) is 0 Å². The minimum atomic E-state index is 0.328. The van der Waals surface area contributed by atoms with E-state index in [9.17, 15) is 0 Å². The fourth-order valence-corrected chi connectivity index (χ4v) is 3.12. The third-order valence-corrected chi connectivity index (χ3v) is 4.21. The predicted octanol–water partition coefficient (Wildman–Crippen LogP) is 2.91. The molecule has 24 heavy (non-hydrogen) atoms. The van der Waals surface area contributed by atoms with E-state index >= 15 is 0 Å². The second kappa shape index (κ2) is 8.68. The lowest BCUT2D eigenvalue weighted by Gasteiger charge is -2.31. The maximum absolute atomic E-state index is 5.58. The van der Waals surface area contributed by atoms with Crippen molar-refractivity contribution in [1.82, 2.24) is 4.90 Å². The number of hydrogen-bond acceptors (Lipinski definition) is 5. The van der Waals surface area contributed by atoms with Crippen molar-refractivity contribution < 1.29 is 14.2 Å². The molecule has 1 aromatic rings. The minimum Gasteiger partial charge on any atom is -0.493 e. The van der Waals surface area contributed by atoms with Gasteiger partial charge in [0.05, 0.1) is 26.9 Å². The smallest absolute Gasteiger partial charge is 0.187 e. The van der Waals surface area contributed by atoms with E-state index in [-0.39, 0.29) is 0 Å². The van der Waals surface area contributed by atoms with Crippen molar-refractivity contribution in [3.63, 3.8) is 0 Å². The first-order valence-corrected chi connectivity index (χ1v) is 8.25. The number of methoxy groups -OCH3 is 2. The summed E-state index contributed by atoms with van der Waals surface area (Å²) in [6, 6.07) is 4.17. The molecule has 0 spiro atoms. The second-order valence-corrected chi connectivity index (χ2v) is 5.61. The van der Waals surface area contributed by atoms with Crippen LogP contribution in [-0.2, 0) is 4.74 Å². The van der Waals surface area contributed by atoms with Crippen molar-refractivity contribution >= 4 is 18.2 Å². The van der Waals surface area contributed by atoms with Gasteiger partial charge >= 0.3 is 0 Å². The molecule has 1 saturated heterocycles. The Bertz CT molecular complexity index is 595. The molecule has 6 heteroatoms. The summed E-state index contributed by atoms with van der Waals surface area (Å²) in [5.74, 6) is 2.09. The van der Waals surface area contributed by atoms with Crippen LogP contribution in [-0.4, -0.2) is 64.5 Å². The van der Waals surface area contributed by atoms with Crippen LogP contribution in [0.1, 0.15) is 25.3 Å². The molecule has 0 bridgehead atoms. The predicted molar refractivity (Wildman–Crippen MR) is 97.4 cm³/mol. The lowest BCUT2D eigenvalue weighted by atomic mass is 10.1. The fourth-order valence-electron chi connectivity index (χ4n) is 3.12. The van der Waals surface area contributed by atoms with Gasteiger partial charge in [0.1, 0.15) is 11.5 Å². The Balaban J connectivity index is 2.51. The Morgan fingerprint density at radius 1 is 1.38 bits per heavy atom. The molecule has 1 aliphatic heterocycles. The highest BCUT2D eigenvalue weighted by molar-refractivity contribution is 6.04. The van der Waals surface area contributed by atoms with E-state index in [1.165, 1.54) is 0 Å². The Morgan fingerprint density at radius 2 is 2.17 bits per heavy atom. The van der Waals surface area contributed by atoms with Gasteiger partial charge in [0.15, 0.2) is 11.5 Å². The van der Waals surface area contributed by atoms with Gasteiger partial charge in [-0.05, 0) is 31.7 Å². The quantitative estimate of drug-likeness (QED) is 0.569. The molecule has 1 atom stereocenters. The zero-order chi connectivity index (χ0) is 17.5. The third kappa shape index (κ3) is 3.53. The molecule has 0 aliphatic carbocycles. The molecule has 6 nitrogen and oxygen atoms in total. The molecule has 1 heterocycles. The van der Waals surface area contributed by atoms with Gasteiger partial charge in [-0.2, -0.15) is 0 Å². The van der Waals surface area contributed by atoms with Gasteiger partial charge in [0.25, 0.3) is 0 Å². The molecule has 0 radical (unpaired) electrons. The lowest BCUT2D eigenvalue weighted by molar-refractivity contribution is 0.174. The molecule has 0 saturated carbocycles. The van der Waals surface area contributed by atoms with E-state index in [0.29, 0.717) is 23.2 Å². The number of benzene rings is 1. The summed E-state index contributed by atoms with van der Waals surface area (Å²) in [5.41, 5.74) is 1.54. The van der Waals surface area contributed by atoms with Crippen molar-refractivity contribution in [2.75, 3.05) is 41.0 Å². The van der Waals surface area contributed by atoms with E-state index in [1.54, 1.807) is 21.3 Å². The second-order valence-electron chi connectivity index (χ2n) is 5.61. The summed E-state index contributed by atoms with van der Waals surface area (Å²) in [6.07, 6.45) is 2.03. The van der Waals surface area contributed by atoms with Crippen LogP contribution in [0.4, 0.5) is 5.69 Å². The van der Waals surface area contributed by atoms with Crippen LogP contribution < -0.4 is 9.47 Å². The summed E-state index contributed by atoms with van der Waals surface area (Å²) >= 11 is 0. The molecule has 2 rings (SSSR count). The maximum Gasteiger partial charge on any atom is 0.187 e. The first-order chi connectivity index (χ1) is 11.7. The average Bonchev–Trinajstić information content (AvgIpc) is 3.15. The molecule has 1 aromatic carbocycles. The van der Waals surface area contributed by atoms with Gasteiger partial charge in [-0.25, -0.2) is 0 Å². The van der Waals surface area contributed by atoms with Crippen molar-refractivity contribution in [2.45, 2.75) is 25.8 Å². The molecule has 0 unspecified atom stereocenters. The summed E-state index contributed by atoms with van der Waals surface area (Å²) in [7, 11) is 5.02. The first-order valence-electron chi connectivity index (χ1n) is 8.25. The van der Waals surface area contributed by atoms with Crippen LogP contribution in [0.25, 0.3) is 0 Å². The largest absolute Gasteiger partial charge is 0.493 e. The summed E-state index contributed by atoms with van der Waals surface area (Å²) in [5, 5.41) is 0.